The Morgan fingerprint density at radius 3 is 2.42 bits per heavy atom. The average Bonchev–Trinajstić information content (AvgIpc) is 3.57. The summed E-state index contributed by atoms with van der Waals surface area (Å²) in [5, 5.41) is 14.7. The molecule has 0 aliphatic carbocycles. The van der Waals surface area contributed by atoms with E-state index in [4.69, 9.17) is 9.90 Å². The SMILES string of the molecule is CCC(=O)CCCCC[C@H](NC(=O)Cc1c(C)[nH]c2ccc(F)cc12)C1=NC=C(c2ccccc2)[NH2+]1.O=C([O-])C(F)(F)F. The van der Waals surface area contributed by atoms with Gasteiger partial charge in [-0.1, -0.05) is 38.0 Å². The molecule has 1 aliphatic rings. The Hall–Kier alpha value is -4.32. The Kier molecular flexibility index (Phi) is 11.8. The number of nitrogens with two attached hydrogens (primary N) is 1. The molecular weight excluding hydrogens is 568 g/mol. The number of carbonyl (C=O) groups excluding carboxylic acids is 3. The molecule has 0 bridgehead atoms. The fourth-order valence-corrected chi connectivity index (χ4v) is 4.66. The van der Waals surface area contributed by atoms with Crippen molar-refractivity contribution in [2.75, 3.05) is 0 Å². The van der Waals surface area contributed by atoms with Crippen LogP contribution in [0.2, 0.25) is 0 Å². The van der Waals surface area contributed by atoms with Crippen molar-refractivity contribution in [3.63, 3.8) is 0 Å². The number of halogens is 4. The first-order chi connectivity index (χ1) is 20.4. The largest absolute Gasteiger partial charge is 0.542 e. The number of quaternary nitrogens is 1. The number of ketones is 1. The van der Waals surface area contributed by atoms with Gasteiger partial charge in [0.05, 0.1) is 12.6 Å². The molecule has 4 N–H and O–H groups in total. The number of carboxylic acids is 1. The number of rotatable bonds is 12. The van der Waals surface area contributed by atoms with Crippen LogP contribution in [0.25, 0.3) is 16.6 Å². The monoisotopic (exact) mass is 602 g/mol. The van der Waals surface area contributed by atoms with Crippen molar-refractivity contribution < 1.29 is 42.4 Å². The highest BCUT2D eigenvalue weighted by Crippen LogP contribution is 2.24. The lowest BCUT2D eigenvalue weighted by Crippen LogP contribution is -2.87. The summed E-state index contributed by atoms with van der Waals surface area (Å²) < 4.78 is 45.4. The number of H-pyrrole nitrogens is 1. The number of benzene rings is 2. The summed E-state index contributed by atoms with van der Waals surface area (Å²) >= 11 is 0. The van der Waals surface area contributed by atoms with Crippen LogP contribution in [0.15, 0.2) is 59.7 Å². The van der Waals surface area contributed by atoms with Gasteiger partial charge in [0.25, 0.3) is 0 Å². The minimum absolute atomic E-state index is 0.126. The number of aromatic nitrogens is 1. The van der Waals surface area contributed by atoms with Crippen LogP contribution in [0.5, 0.6) is 0 Å². The van der Waals surface area contributed by atoms with Gasteiger partial charge in [0.15, 0.2) is 5.70 Å². The molecular formula is C31H34F4N4O4. The Morgan fingerprint density at radius 1 is 1.07 bits per heavy atom. The molecule has 230 valence electrons. The third-order valence-corrected chi connectivity index (χ3v) is 6.95. The fourth-order valence-electron chi connectivity index (χ4n) is 4.66. The highest BCUT2D eigenvalue weighted by Gasteiger charge is 2.29. The minimum Gasteiger partial charge on any atom is -0.542 e. The quantitative estimate of drug-likeness (QED) is 0.215. The Morgan fingerprint density at radius 2 is 1.77 bits per heavy atom. The predicted molar refractivity (Wildman–Crippen MR) is 152 cm³/mol. The lowest BCUT2D eigenvalue weighted by molar-refractivity contribution is -0.434. The van der Waals surface area contributed by atoms with Crippen LogP contribution in [-0.4, -0.2) is 40.7 Å². The highest BCUT2D eigenvalue weighted by atomic mass is 19.4. The molecule has 0 spiro atoms. The number of aliphatic imine (C=N–C) groups is 1. The number of hydrogen-bond acceptors (Lipinski definition) is 5. The highest BCUT2D eigenvalue weighted by molar-refractivity contribution is 5.93. The van der Waals surface area contributed by atoms with Crippen molar-refractivity contribution in [2.45, 2.75) is 71.0 Å². The van der Waals surface area contributed by atoms with Gasteiger partial charge < -0.3 is 20.2 Å². The number of amidine groups is 1. The lowest BCUT2D eigenvalue weighted by atomic mass is 10.0. The normalized spacial score (nSPS) is 13.5. The number of nitrogens with one attached hydrogen (secondary N) is 2. The topological polar surface area (TPSA) is 131 Å². The number of carbonyl (C=O) groups is 3. The maximum Gasteiger partial charge on any atom is 0.430 e. The zero-order valence-electron chi connectivity index (χ0n) is 23.9. The van der Waals surface area contributed by atoms with Gasteiger partial charge in [-0.2, -0.15) is 13.2 Å². The van der Waals surface area contributed by atoms with E-state index in [2.05, 4.69) is 15.3 Å². The first kappa shape index (κ1) is 33.2. The van der Waals surface area contributed by atoms with Crippen LogP contribution >= 0.6 is 0 Å². The second-order valence-corrected chi connectivity index (χ2v) is 10.1. The van der Waals surface area contributed by atoms with Crippen molar-refractivity contribution in [1.82, 2.24) is 10.3 Å². The summed E-state index contributed by atoms with van der Waals surface area (Å²) in [6, 6.07) is 14.4. The third-order valence-electron chi connectivity index (χ3n) is 6.95. The lowest BCUT2D eigenvalue weighted by Gasteiger charge is -2.17. The third kappa shape index (κ3) is 9.88. The molecule has 0 fully saturated rings. The van der Waals surface area contributed by atoms with E-state index in [0.29, 0.717) is 12.8 Å². The second kappa shape index (κ2) is 15.2. The number of hydrogen-bond donors (Lipinski definition) is 3. The van der Waals surface area contributed by atoms with Gasteiger partial charge in [-0.25, -0.2) is 9.38 Å². The van der Waals surface area contributed by atoms with Crippen molar-refractivity contribution in [2.24, 2.45) is 4.99 Å². The summed E-state index contributed by atoms with van der Waals surface area (Å²) in [5.41, 5.74) is 4.58. The summed E-state index contributed by atoms with van der Waals surface area (Å²) in [5.74, 6) is -2.34. The van der Waals surface area contributed by atoms with E-state index < -0.39 is 12.1 Å². The van der Waals surface area contributed by atoms with Crippen LogP contribution in [0.3, 0.4) is 0 Å². The first-order valence-corrected chi connectivity index (χ1v) is 13.9. The van der Waals surface area contributed by atoms with Crippen molar-refractivity contribution >= 4 is 40.1 Å². The van der Waals surface area contributed by atoms with Gasteiger partial charge in [-0.15, -0.1) is 0 Å². The molecule has 1 amide bonds. The van der Waals surface area contributed by atoms with E-state index in [1.54, 1.807) is 6.07 Å². The Balaban J connectivity index is 0.000000646. The molecule has 4 rings (SSSR count). The summed E-state index contributed by atoms with van der Waals surface area (Å²) in [4.78, 5) is 41.5. The van der Waals surface area contributed by atoms with E-state index in [9.17, 15) is 27.2 Å². The zero-order valence-corrected chi connectivity index (χ0v) is 23.9. The molecule has 43 heavy (non-hydrogen) atoms. The Labute approximate surface area is 246 Å². The molecule has 8 nitrogen and oxygen atoms in total. The molecule has 2 heterocycles. The molecule has 1 atom stereocenters. The average molecular weight is 603 g/mol. The van der Waals surface area contributed by atoms with E-state index in [-0.39, 0.29) is 30.0 Å². The van der Waals surface area contributed by atoms with Crippen LogP contribution < -0.4 is 15.7 Å². The number of nitrogens with zero attached hydrogens (tertiary/aromatic N) is 1. The van der Waals surface area contributed by atoms with Crippen LogP contribution in [0, 0.1) is 12.7 Å². The molecule has 0 radical (unpaired) electrons. The van der Waals surface area contributed by atoms with Gasteiger partial charge >= 0.3 is 6.18 Å². The van der Waals surface area contributed by atoms with Crippen molar-refractivity contribution in [1.29, 1.82) is 0 Å². The van der Waals surface area contributed by atoms with Gasteiger partial charge in [-0.3, -0.25) is 14.9 Å². The maximum absolute atomic E-state index is 13.9. The first-order valence-electron chi connectivity index (χ1n) is 13.9. The summed E-state index contributed by atoms with van der Waals surface area (Å²) in [6.07, 6.45) is 1.39. The number of fused-ring (bicyclic) bond motifs is 1. The molecule has 1 aliphatic heterocycles. The standard InChI is InChI=1S/C29H33FN4O2.C2HF3O2/c1-3-22(35)12-8-5-9-13-26(29-31-18-27(34-29)20-10-6-4-7-11-20)33-28(36)17-23-19(2)32-25-15-14-21(30)16-24(23)25;3-2(4,5)1(6)7/h4,6-7,10-11,14-16,18,26,32H,3,5,8-9,12-13,17H2,1-2H3,(H,31,34)(H,33,36);(H,6,7)/t26-;/m0./s1. The molecule has 12 heteroatoms. The number of Topliss-reactive ketones (excluding diaryl/α,β-unsaturated/α-hetero) is 1. The van der Waals surface area contributed by atoms with Gasteiger partial charge in [0.2, 0.25) is 11.7 Å². The minimum atomic E-state index is -5.19. The van der Waals surface area contributed by atoms with E-state index in [1.165, 1.54) is 12.1 Å². The smallest absolute Gasteiger partial charge is 0.430 e. The summed E-state index contributed by atoms with van der Waals surface area (Å²) in [6.45, 7) is 3.80. The van der Waals surface area contributed by atoms with E-state index in [0.717, 1.165) is 64.9 Å². The number of aliphatic carboxylic acids is 1. The molecule has 0 unspecified atom stereocenters. The predicted octanol–water partition coefficient (Wildman–Crippen LogP) is 3.85. The Bertz CT molecular complexity index is 1500. The molecule has 0 saturated heterocycles. The number of amides is 1. The van der Waals surface area contributed by atoms with Crippen molar-refractivity contribution in [3.05, 3.63) is 77.4 Å². The van der Waals surface area contributed by atoms with E-state index >= 15 is 0 Å². The van der Waals surface area contributed by atoms with Crippen LogP contribution in [-0.2, 0) is 20.8 Å². The van der Waals surface area contributed by atoms with Crippen LogP contribution in [0.4, 0.5) is 17.6 Å². The van der Waals surface area contributed by atoms with Crippen LogP contribution in [0.1, 0.15) is 62.3 Å². The zero-order chi connectivity index (χ0) is 31.6. The number of aromatic amines is 1. The number of carboxylic acid groups (broad SMARTS) is 1. The van der Waals surface area contributed by atoms with Gasteiger partial charge in [0.1, 0.15) is 23.6 Å². The molecule has 0 saturated carbocycles. The van der Waals surface area contributed by atoms with Crippen molar-refractivity contribution in [3.8, 4) is 0 Å². The molecule has 2 aromatic carbocycles. The maximum atomic E-state index is 13.9. The van der Waals surface area contributed by atoms with Gasteiger partial charge in [0, 0.05) is 35.0 Å². The number of aryl methyl sites for hydroxylation is 1. The fraction of sp³-hybridized carbons (Fsp3) is 0.355. The molecule has 1 aromatic heterocycles. The molecule has 3 aromatic rings. The number of unbranched alkanes of at least 4 members (excludes halogenated alkanes) is 2. The summed E-state index contributed by atoms with van der Waals surface area (Å²) in [7, 11) is 0. The number of alkyl halides is 3. The second-order valence-electron chi connectivity index (χ2n) is 10.1. The van der Waals surface area contributed by atoms with Gasteiger partial charge in [-0.05, 0) is 55.7 Å². The van der Waals surface area contributed by atoms with E-state index in [1.807, 2.05) is 55.7 Å².